The van der Waals surface area contributed by atoms with Gasteiger partial charge in [-0.3, -0.25) is 4.79 Å². The quantitative estimate of drug-likeness (QED) is 0.398. The molecule has 6 heterocycles. The maximum Gasteiger partial charge on any atom is 0.232 e. The third-order valence-corrected chi connectivity index (χ3v) is 9.06. The van der Waals surface area contributed by atoms with E-state index in [1.807, 2.05) is 4.90 Å². The van der Waals surface area contributed by atoms with Gasteiger partial charge in [-0.25, -0.2) is 15.0 Å². The largest absolute Gasteiger partial charge is 0.378 e. The summed E-state index contributed by atoms with van der Waals surface area (Å²) in [5, 5.41) is 1.99. The van der Waals surface area contributed by atoms with Crippen molar-refractivity contribution in [3.8, 4) is 0 Å². The maximum atomic E-state index is 12.6. The molecule has 180 valence electrons. The Hall–Kier alpha value is -2.01. The number of thioether (sulfide) groups is 1. The zero-order valence-corrected chi connectivity index (χ0v) is 21.3. The van der Waals surface area contributed by atoms with Gasteiger partial charge in [0.05, 0.1) is 41.4 Å². The molecule has 0 bridgehead atoms. The summed E-state index contributed by atoms with van der Waals surface area (Å²) >= 11 is 3.16. The molecular formula is C24H29N5O3S2. The summed E-state index contributed by atoms with van der Waals surface area (Å²) in [6.45, 7) is 9.68. The van der Waals surface area contributed by atoms with Gasteiger partial charge in [-0.05, 0) is 32.3 Å². The standard InChI is InChI=1S/C24H29N5O3S2/c1-24(2)11-15-16(12-32-24)21(29-7-9-31-10-8-29)27-22-18(15)19-20(34-22)23(26-14-25-19)33-13-17(30)28-5-3-4-6-28/h14H,3-13H2,1-2H3. The van der Waals surface area contributed by atoms with Crippen LogP contribution in [-0.4, -0.2) is 76.5 Å². The molecule has 0 aliphatic carbocycles. The molecule has 3 aromatic rings. The highest BCUT2D eigenvalue weighted by Gasteiger charge is 2.33. The van der Waals surface area contributed by atoms with Gasteiger partial charge in [0.15, 0.2) is 0 Å². The highest BCUT2D eigenvalue weighted by atomic mass is 32.2. The number of anilines is 1. The van der Waals surface area contributed by atoms with E-state index in [-0.39, 0.29) is 11.5 Å². The monoisotopic (exact) mass is 499 g/mol. The van der Waals surface area contributed by atoms with Crippen LogP contribution in [0.1, 0.15) is 37.8 Å². The SMILES string of the molecule is CC1(C)Cc2c(c(N3CCOCC3)nc3sc4c(SCC(=O)N5CCCC5)ncnc4c23)CO1. The summed E-state index contributed by atoms with van der Waals surface area (Å²) in [6, 6.07) is 0. The Balaban J connectivity index is 1.44. The predicted octanol–water partition coefficient (Wildman–Crippen LogP) is 3.64. The molecule has 0 radical (unpaired) electrons. The number of morpholine rings is 1. The number of thiophene rings is 1. The van der Waals surface area contributed by atoms with Gasteiger partial charge in [-0.2, -0.15) is 0 Å². The minimum Gasteiger partial charge on any atom is -0.378 e. The zero-order valence-electron chi connectivity index (χ0n) is 19.6. The van der Waals surface area contributed by atoms with Crippen molar-refractivity contribution in [3.63, 3.8) is 0 Å². The Kier molecular flexibility index (Phi) is 5.87. The molecule has 1 amide bonds. The van der Waals surface area contributed by atoms with Crippen LogP contribution < -0.4 is 4.90 Å². The maximum absolute atomic E-state index is 12.6. The number of amides is 1. The molecule has 2 fully saturated rings. The van der Waals surface area contributed by atoms with Crippen LogP contribution in [0.5, 0.6) is 0 Å². The van der Waals surface area contributed by atoms with Crippen molar-refractivity contribution in [1.29, 1.82) is 0 Å². The van der Waals surface area contributed by atoms with Crippen LogP contribution in [0.3, 0.4) is 0 Å². The van der Waals surface area contributed by atoms with Gasteiger partial charge in [-0.15, -0.1) is 11.3 Å². The number of fused-ring (bicyclic) bond motifs is 5. The average molecular weight is 500 g/mol. The molecule has 3 aromatic heterocycles. The van der Waals surface area contributed by atoms with Crippen molar-refractivity contribution >= 4 is 55.3 Å². The minimum absolute atomic E-state index is 0.194. The summed E-state index contributed by atoms with van der Waals surface area (Å²) in [5.74, 6) is 1.62. The minimum atomic E-state index is -0.245. The van der Waals surface area contributed by atoms with E-state index < -0.39 is 0 Å². The van der Waals surface area contributed by atoms with Gasteiger partial charge in [0.25, 0.3) is 0 Å². The molecule has 0 spiro atoms. The number of hydrogen-bond donors (Lipinski definition) is 0. The number of carbonyl (C=O) groups is 1. The second-order valence-electron chi connectivity index (χ2n) is 9.73. The number of nitrogens with zero attached hydrogens (tertiary/aromatic N) is 5. The molecule has 0 aromatic carbocycles. The van der Waals surface area contributed by atoms with Gasteiger partial charge in [-0.1, -0.05) is 11.8 Å². The highest BCUT2D eigenvalue weighted by Crippen LogP contribution is 2.44. The Morgan fingerprint density at radius 1 is 1.15 bits per heavy atom. The van der Waals surface area contributed by atoms with Crippen LogP contribution >= 0.6 is 23.1 Å². The van der Waals surface area contributed by atoms with E-state index >= 15 is 0 Å². The van der Waals surface area contributed by atoms with Crippen LogP contribution in [-0.2, 0) is 27.3 Å². The first-order chi connectivity index (χ1) is 16.5. The molecule has 6 rings (SSSR count). The van der Waals surface area contributed by atoms with Crippen molar-refractivity contribution in [2.45, 2.75) is 50.3 Å². The van der Waals surface area contributed by atoms with Gasteiger partial charge in [0.2, 0.25) is 5.91 Å². The van der Waals surface area contributed by atoms with E-state index in [0.717, 1.165) is 76.7 Å². The zero-order chi connectivity index (χ0) is 23.3. The molecule has 3 aliphatic rings. The number of hydrogen-bond acceptors (Lipinski definition) is 9. The Morgan fingerprint density at radius 2 is 1.94 bits per heavy atom. The number of likely N-dealkylation sites (tertiary alicyclic amines) is 1. The van der Waals surface area contributed by atoms with Gasteiger partial charge in [0.1, 0.15) is 22.0 Å². The lowest BCUT2D eigenvalue weighted by Crippen LogP contribution is -2.39. The van der Waals surface area contributed by atoms with E-state index in [9.17, 15) is 4.79 Å². The topological polar surface area (TPSA) is 80.7 Å². The lowest BCUT2D eigenvalue weighted by Gasteiger charge is -2.36. The number of rotatable bonds is 4. The molecule has 34 heavy (non-hydrogen) atoms. The van der Waals surface area contributed by atoms with E-state index in [4.69, 9.17) is 19.4 Å². The lowest BCUT2D eigenvalue weighted by atomic mass is 9.90. The third-order valence-electron chi connectivity index (χ3n) is 6.88. The molecule has 8 nitrogen and oxygen atoms in total. The summed E-state index contributed by atoms with van der Waals surface area (Å²) in [6.07, 6.45) is 4.65. The van der Waals surface area contributed by atoms with Crippen LogP contribution in [0.15, 0.2) is 11.4 Å². The van der Waals surface area contributed by atoms with E-state index in [0.29, 0.717) is 25.6 Å². The molecular weight excluding hydrogens is 470 g/mol. The fraction of sp³-hybridized carbons (Fsp3) is 0.583. The van der Waals surface area contributed by atoms with Crippen LogP contribution in [0.25, 0.3) is 20.4 Å². The second-order valence-corrected chi connectivity index (χ2v) is 11.7. The van der Waals surface area contributed by atoms with Crippen LogP contribution in [0.4, 0.5) is 5.82 Å². The number of ether oxygens (including phenoxy) is 2. The van der Waals surface area contributed by atoms with Crippen molar-refractivity contribution in [1.82, 2.24) is 19.9 Å². The Morgan fingerprint density at radius 3 is 2.74 bits per heavy atom. The Bertz CT molecular complexity index is 1250. The predicted molar refractivity (Wildman–Crippen MR) is 135 cm³/mol. The first kappa shape index (κ1) is 22.5. The Labute approximate surface area is 207 Å². The summed E-state index contributed by atoms with van der Waals surface area (Å²) in [4.78, 5) is 32.3. The molecule has 3 aliphatic heterocycles. The molecule has 0 saturated carbocycles. The molecule has 2 saturated heterocycles. The summed E-state index contributed by atoms with van der Waals surface area (Å²) in [7, 11) is 0. The van der Waals surface area contributed by atoms with Crippen LogP contribution in [0.2, 0.25) is 0 Å². The fourth-order valence-corrected chi connectivity index (χ4v) is 7.23. The smallest absolute Gasteiger partial charge is 0.232 e. The average Bonchev–Trinajstić information content (AvgIpc) is 3.50. The van der Waals surface area contributed by atoms with Gasteiger partial charge in [0, 0.05) is 43.5 Å². The van der Waals surface area contributed by atoms with Crippen molar-refractivity contribution in [2.24, 2.45) is 0 Å². The molecule has 0 unspecified atom stereocenters. The molecule has 0 atom stereocenters. The van der Waals surface area contributed by atoms with E-state index in [2.05, 4.69) is 23.7 Å². The lowest BCUT2D eigenvalue weighted by molar-refractivity contribution is -0.127. The third kappa shape index (κ3) is 4.04. The summed E-state index contributed by atoms with van der Waals surface area (Å²) in [5.41, 5.74) is 3.16. The fourth-order valence-electron chi connectivity index (χ4n) is 5.10. The number of carbonyl (C=O) groups excluding carboxylic acids is 1. The molecule has 0 N–H and O–H groups in total. The van der Waals surface area contributed by atoms with Gasteiger partial charge >= 0.3 is 0 Å². The van der Waals surface area contributed by atoms with Crippen molar-refractivity contribution < 1.29 is 14.3 Å². The number of aromatic nitrogens is 3. The number of pyridine rings is 1. The van der Waals surface area contributed by atoms with Crippen molar-refractivity contribution in [2.75, 3.05) is 50.0 Å². The van der Waals surface area contributed by atoms with Crippen LogP contribution in [0, 0.1) is 0 Å². The van der Waals surface area contributed by atoms with E-state index in [1.54, 1.807) is 17.7 Å². The van der Waals surface area contributed by atoms with Gasteiger partial charge < -0.3 is 19.3 Å². The first-order valence-electron chi connectivity index (χ1n) is 12.0. The van der Waals surface area contributed by atoms with E-state index in [1.165, 1.54) is 22.9 Å². The first-order valence-corrected chi connectivity index (χ1v) is 13.8. The highest BCUT2D eigenvalue weighted by molar-refractivity contribution is 8.00. The molecule has 10 heteroatoms. The normalized spacial score (nSPS) is 20.3. The summed E-state index contributed by atoms with van der Waals surface area (Å²) < 4.78 is 12.8. The second kappa shape index (κ2) is 8.89. The van der Waals surface area contributed by atoms with Crippen molar-refractivity contribution in [3.05, 3.63) is 17.5 Å².